The molecular formula is C17H16N2OS. The Bertz CT molecular complexity index is 765. The van der Waals surface area contributed by atoms with Crippen molar-refractivity contribution in [2.45, 2.75) is 13.3 Å². The maximum Gasteiger partial charge on any atom is 0.169 e. The van der Waals surface area contributed by atoms with Gasteiger partial charge in [-0.1, -0.05) is 30.3 Å². The number of Topliss-reactive ketones (excluding diaryl/α,β-unsaturated/α-hetero) is 1. The van der Waals surface area contributed by atoms with Crippen LogP contribution in [0.2, 0.25) is 0 Å². The minimum Gasteiger partial charge on any atom is -0.369 e. The highest BCUT2D eigenvalue weighted by molar-refractivity contribution is 7.20. The van der Waals surface area contributed by atoms with Crippen molar-refractivity contribution in [1.82, 2.24) is 4.98 Å². The molecule has 106 valence electrons. The van der Waals surface area contributed by atoms with Crippen LogP contribution in [0.5, 0.6) is 0 Å². The van der Waals surface area contributed by atoms with Crippen LogP contribution in [-0.4, -0.2) is 17.3 Å². The highest BCUT2D eigenvalue weighted by Crippen LogP contribution is 2.30. The molecule has 3 nitrogen and oxygen atoms in total. The topological polar surface area (TPSA) is 42.0 Å². The largest absolute Gasteiger partial charge is 0.369 e. The molecule has 1 N–H and O–H groups in total. The van der Waals surface area contributed by atoms with Gasteiger partial charge in [-0.2, -0.15) is 0 Å². The standard InChI is InChI=1S/C17H16N2OS/c1-12(20)16-11-14-15(21-16)8-10-19-17(14)18-9-7-13-5-3-2-4-6-13/h2-6,8,10-11H,7,9H2,1H3,(H,18,19). The molecule has 0 amide bonds. The predicted octanol–water partition coefficient (Wildman–Crippen LogP) is 4.15. The number of benzene rings is 1. The molecule has 0 aliphatic heterocycles. The van der Waals surface area contributed by atoms with E-state index in [-0.39, 0.29) is 5.78 Å². The van der Waals surface area contributed by atoms with Crippen LogP contribution in [0.25, 0.3) is 10.1 Å². The number of rotatable bonds is 5. The number of anilines is 1. The molecule has 0 bridgehead atoms. The fourth-order valence-electron chi connectivity index (χ4n) is 2.25. The van der Waals surface area contributed by atoms with Crippen LogP contribution in [0.15, 0.2) is 48.7 Å². The van der Waals surface area contributed by atoms with Crippen LogP contribution < -0.4 is 5.32 Å². The first-order valence-electron chi connectivity index (χ1n) is 6.91. The normalized spacial score (nSPS) is 10.7. The number of thiophene rings is 1. The third-order valence-corrected chi connectivity index (χ3v) is 4.54. The van der Waals surface area contributed by atoms with Crippen molar-refractivity contribution in [1.29, 1.82) is 0 Å². The lowest BCUT2D eigenvalue weighted by Crippen LogP contribution is -2.06. The summed E-state index contributed by atoms with van der Waals surface area (Å²) in [5.74, 6) is 0.957. The molecule has 0 spiro atoms. The summed E-state index contributed by atoms with van der Waals surface area (Å²) in [5.41, 5.74) is 1.30. The van der Waals surface area contributed by atoms with Crippen molar-refractivity contribution in [3.63, 3.8) is 0 Å². The maximum atomic E-state index is 11.5. The third kappa shape index (κ3) is 3.11. The smallest absolute Gasteiger partial charge is 0.169 e. The van der Waals surface area contributed by atoms with E-state index >= 15 is 0 Å². The van der Waals surface area contributed by atoms with Crippen molar-refractivity contribution in [2.75, 3.05) is 11.9 Å². The lowest BCUT2D eigenvalue weighted by Gasteiger charge is -2.06. The molecule has 21 heavy (non-hydrogen) atoms. The number of carbonyl (C=O) groups excluding carboxylic acids is 1. The van der Waals surface area contributed by atoms with E-state index in [2.05, 4.69) is 22.4 Å². The van der Waals surface area contributed by atoms with E-state index in [0.717, 1.165) is 33.7 Å². The van der Waals surface area contributed by atoms with E-state index in [0.29, 0.717) is 0 Å². The Morgan fingerprint density at radius 1 is 1.24 bits per heavy atom. The Labute approximate surface area is 127 Å². The fraction of sp³-hybridized carbons (Fsp3) is 0.176. The molecule has 0 fully saturated rings. The van der Waals surface area contributed by atoms with Gasteiger partial charge in [-0.25, -0.2) is 4.98 Å². The van der Waals surface area contributed by atoms with Gasteiger partial charge in [0.05, 0.1) is 4.88 Å². The van der Waals surface area contributed by atoms with Crippen LogP contribution >= 0.6 is 11.3 Å². The first-order chi connectivity index (χ1) is 10.2. The van der Waals surface area contributed by atoms with Crippen molar-refractivity contribution in [3.8, 4) is 0 Å². The number of hydrogen-bond donors (Lipinski definition) is 1. The van der Waals surface area contributed by atoms with E-state index in [1.165, 1.54) is 16.9 Å². The molecule has 0 aliphatic carbocycles. The summed E-state index contributed by atoms with van der Waals surface area (Å²) in [6.45, 7) is 2.42. The van der Waals surface area contributed by atoms with Crippen molar-refractivity contribution in [2.24, 2.45) is 0 Å². The summed E-state index contributed by atoms with van der Waals surface area (Å²) in [6.07, 6.45) is 2.73. The first-order valence-corrected chi connectivity index (χ1v) is 7.73. The second-order valence-electron chi connectivity index (χ2n) is 4.90. The number of pyridine rings is 1. The summed E-state index contributed by atoms with van der Waals surface area (Å²) in [7, 11) is 0. The number of nitrogens with zero attached hydrogens (tertiary/aromatic N) is 1. The Kier molecular flexibility index (Phi) is 3.97. The zero-order valence-corrected chi connectivity index (χ0v) is 12.6. The van der Waals surface area contributed by atoms with Gasteiger partial charge in [0.2, 0.25) is 0 Å². The Morgan fingerprint density at radius 3 is 2.81 bits per heavy atom. The summed E-state index contributed by atoms with van der Waals surface area (Å²) in [5, 5.41) is 4.40. The van der Waals surface area contributed by atoms with Crippen LogP contribution in [0.3, 0.4) is 0 Å². The maximum absolute atomic E-state index is 11.5. The van der Waals surface area contributed by atoms with Gasteiger partial charge in [-0.3, -0.25) is 4.79 Å². The monoisotopic (exact) mass is 296 g/mol. The minimum atomic E-state index is 0.103. The Balaban J connectivity index is 1.76. The second-order valence-corrected chi connectivity index (χ2v) is 5.98. The molecule has 3 aromatic rings. The minimum absolute atomic E-state index is 0.103. The quantitative estimate of drug-likeness (QED) is 0.719. The summed E-state index contributed by atoms with van der Waals surface area (Å²) >= 11 is 1.52. The Hall–Kier alpha value is -2.20. The van der Waals surface area contributed by atoms with E-state index in [9.17, 15) is 4.79 Å². The Morgan fingerprint density at radius 2 is 2.05 bits per heavy atom. The van der Waals surface area contributed by atoms with Gasteiger partial charge in [-0.05, 0) is 31.0 Å². The van der Waals surface area contributed by atoms with Gasteiger partial charge in [0, 0.05) is 22.8 Å². The molecule has 1 aromatic carbocycles. The van der Waals surface area contributed by atoms with E-state index < -0.39 is 0 Å². The molecule has 0 radical (unpaired) electrons. The predicted molar refractivity (Wildman–Crippen MR) is 88.3 cm³/mol. The second kappa shape index (κ2) is 6.06. The van der Waals surface area contributed by atoms with Gasteiger partial charge in [-0.15, -0.1) is 11.3 Å². The van der Waals surface area contributed by atoms with Gasteiger partial charge in [0.25, 0.3) is 0 Å². The van der Waals surface area contributed by atoms with Crippen molar-refractivity contribution >= 4 is 33.0 Å². The van der Waals surface area contributed by atoms with Gasteiger partial charge in [0.1, 0.15) is 5.82 Å². The number of hydrogen-bond acceptors (Lipinski definition) is 4. The molecule has 0 saturated heterocycles. The highest BCUT2D eigenvalue weighted by Gasteiger charge is 2.09. The van der Waals surface area contributed by atoms with Gasteiger partial charge in [0.15, 0.2) is 5.78 Å². The molecule has 0 aliphatic rings. The first kappa shape index (κ1) is 13.8. The lowest BCUT2D eigenvalue weighted by molar-refractivity contribution is 0.102. The number of fused-ring (bicyclic) bond motifs is 1. The van der Waals surface area contributed by atoms with E-state index in [4.69, 9.17) is 0 Å². The van der Waals surface area contributed by atoms with Gasteiger partial charge < -0.3 is 5.32 Å². The van der Waals surface area contributed by atoms with Crippen LogP contribution in [0.1, 0.15) is 22.2 Å². The van der Waals surface area contributed by atoms with E-state index in [1.54, 1.807) is 13.1 Å². The molecule has 2 aromatic heterocycles. The summed E-state index contributed by atoms with van der Waals surface area (Å²) in [4.78, 5) is 16.7. The summed E-state index contributed by atoms with van der Waals surface area (Å²) < 4.78 is 1.09. The van der Waals surface area contributed by atoms with Crippen LogP contribution in [0.4, 0.5) is 5.82 Å². The zero-order valence-electron chi connectivity index (χ0n) is 11.8. The summed E-state index contributed by atoms with van der Waals surface area (Å²) in [6, 6.07) is 14.2. The molecule has 3 rings (SSSR count). The van der Waals surface area contributed by atoms with Crippen LogP contribution in [-0.2, 0) is 6.42 Å². The zero-order chi connectivity index (χ0) is 14.7. The van der Waals surface area contributed by atoms with E-state index in [1.807, 2.05) is 30.3 Å². The molecule has 0 saturated carbocycles. The van der Waals surface area contributed by atoms with Crippen LogP contribution in [0, 0.1) is 0 Å². The molecule has 4 heteroatoms. The van der Waals surface area contributed by atoms with Crippen molar-refractivity contribution < 1.29 is 4.79 Å². The number of ketones is 1. The number of carbonyl (C=O) groups is 1. The SMILES string of the molecule is CC(=O)c1cc2c(NCCc3ccccc3)nccc2s1. The third-order valence-electron chi connectivity index (χ3n) is 3.34. The molecule has 2 heterocycles. The average Bonchev–Trinajstić information content (AvgIpc) is 2.94. The number of aromatic nitrogens is 1. The lowest BCUT2D eigenvalue weighted by atomic mass is 10.1. The van der Waals surface area contributed by atoms with Crippen molar-refractivity contribution in [3.05, 3.63) is 59.1 Å². The number of nitrogens with one attached hydrogen (secondary N) is 1. The average molecular weight is 296 g/mol. The molecular weight excluding hydrogens is 280 g/mol. The highest BCUT2D eigenvalue weighted by atomic mass is 32.1. The van der Waals surface area contributed by atoms with Gasteiger partial charge >= 0.3 is 0 Å². The molecule has 0 atom stereocenters. The fourth-order valence-corrected chi connectivity index (χ4v) is 3.20. The molecule has 0 unspecified atom stereocenters.